The molecule has 0 aliphatic carbocycles. The third-order valence-electron chi connectivity index (χ3n) is 0.949. The van der Waals surface area contributed by atoms with Gasteiger partial charge in [-0.1, -0.05) is 31.6 Å². The smallest absolute Gasteiger partial charge is 0.0518 e. The second-order valence-electron chi connectivity index (χ2n) is 3.50. The summed E-state index contributed by atoms with van der Waals surface area (Å²) in [5.74, 6) is 0. The number of allylic oxidation sites excluding steroid dienone is 3. The van der Waals surface area contributed by atoms with E-state index in [9.17, 15) is 0 Å². The van der Waals surface area contributed by atoms with E-state index in [4.69, 9.17) is 4.74 Å². The van der Waals surface area contributed by atoms with E-state index >= 15 is 0 Å². The average Bonchev–Trinajstić information content (AvgIpc) is 2.21. The largest absolute Gasteiger partial charge is 0.379 e. The molecule has 0 radical (unpaired) electrons. The minimum Gasteiger partial charge on any atom is -0.379 e. The Kier molecular flexibility index (Phi) is 53.5. The number of unbranched alkanes of at least 4 members (excludes halogenated alkanes) is 1. The first-order valence-electron chi connectivity index (χ1n) is 6.34. The summed E-state index contributed by atoms with van der Waals surface area (Å²) in [6.45, 7) is 23.0. The van der Waals surface area contributed by atoms with Crippen LogP contribution in [0.1, 0.15) is 54.4 Å². The highest BCUT2D eigenvalue weighted by atomic mass is 16.5. The molecule has 0 heterocycles. The zero-order chi connectivity index (χ0) is 14.5. The van der Waals surface area contributed by atoms with E-state index < -0.39 is 0 Å². The lowest BCUT2D eigenvalue weighted by molar-refractivity contribution is 0.0767. The zero-order valence-corrected chi connectivity index (χ0v) is 13.0. The topological polar surface area (TPSA) is 9.23 Å². The highest BCUT2D eigenvalue weighted by Crippen LogP contribution is 1.91. The molecule has 0 aromatic heterocycles. The third-order valence-corrected chi connectivity index (χ3v) is 0.949. The lowest BCUT2D eigenvalue weighted by Gasteiger charge is -2.04. The van der Waals surface area contributed by atoms with Crippen molar-refractivity contribution in [3.63, 3.8) is 0 Å². The Balaban J connectivity index is -0.0000000784. The van der Waals surface area contributed by atoms with Gasteiger partial charge in [-0.2, -0.15) is 0 Å². The molecule has 1 heteroatoms. The van der Waals surface area contributed by atoms with E-state index in [0.717, 1.165) is 6.61 Å². The van der Waals surface area contributed by atoms with Crippen LogP contribution in [-0.4, -0.2) is 12.7 Å². The molecule has 0 N–H and O–H groups in total. The third kappa shape index (κ3) is 151. The van der Waals surface area contributed by atoms with Gasteiger partial charge in [-0.25, -0.2) is 0 Å². The molecule has 17 heavy (non-hydrogen) atoms. The number of hydrogen-bond donors (Lipinski definition) is 0. The molecule has 0 rings (SSSR count). The minimum atomic E-state index is 0.404. The maximum Gasteiger partial charge on any atom is 0.0518 e. The van der Waals surface area contributed by atoms with Gasteiger partial charge < -0.3 is 4.74 Å². The number of hydrogen-bond acceptors (Lipinski definition) is 1. The first kappa shape index (κ1) is 25.1. The Bertz CT molecular complexity index is 111. The molecule has 0 spiro atoms. The summed E-state index contributed by atoms with van der Waals surface area (Å²) in [4.78, 5) is 0. The molecule has 104 valence electrons. The number of ether oxygens (including phenoxy) is 1. The van der Waals surface area contributed by atoms with Gasteiger partial charge in [0.15, 0.2) is 0 Å². The zero-order valence-electron chi connectivity index (χ0n) is 13.0. The molecule has 0 atom stereocenters. The van der Waals surface area contributed by atoms with Crippen molar-refractivity contribution in [2.24, 2.45) is 0 Å². The molecule has 0 amide bonds. The van der Waals surface area contributed by atoms with Crippen LogP contribution in [0.5, 0.6) is 0 Å². The van der Waals surface area contributed by atoms with Gasteiger partial charge in [0.1, 0.15) is 0 Å². The Morgan fingerprint density at radius 1 is 0.941 bits per heavy atom. The van der Waals surface area contributed by atoms with Gasteiger partial charge in [-0.05, 0) is 41.0 Å². The Morgan fingerprint density at radius 3 is 1.41 bits per heavy atom. The second kappa shape index (κ2) is 36.2. The molecular formula is C16H34O. The van der Waals surface area contributed by atoms with Crippen LogP contribution in [0.25, 0.3) is 0 Å². The predicted octanol–water partition coefficient (Wildman–Crippen LogP) is 5.79. The summed E-state index contributed by atoms with van der Waals surface area (Å²) >= 11 is 0. The quantitative estimate of drug-likeness (QED) is 0.448. The monoisotopic (exact) mass is 242 g/mol. The van der Waals surface area contributed by atoms with Gasteiger partial charge in [0.2, 0.25) is 0 Å². The van der Waals surface area contributed by atoms with Crippen LogP contribution in [0.2, 0.25) is 0 Å². The summed E-state index contributed by atoms with van der Waals surface area (Å²) in [6, 6.07) is 0. The Hall–Kier alpha value is -0.820. The van der Waals surface area contributed by atoms with Crippen molar-refractivity contribution in [2.45, 2.75) is 60.5 Å². The Labute approximate surface area is 110 Å². The summed E-state index contributed by atoms with van der Waals surface area (Å²) in [5.41, 5.74) is 0. The summed E-state index contributed by atoms with van der Waals surface area (Å²) < 4.78 is 5.28. The normalized spacial score (nSPS) is 7.24. The molecule has 0 aromatic rings. The summed E-state index contributed by atoms with van der Waals surface area (Å²) in [6.07, 6.45) is 8.08. The highest BCUT2D eigenvalue weighted by molar-refractivity contribution is 4.52. The van der Waals surface area contributed by atoms with E-state index in [1.807, 2.05) is 20.8 Å². The van der Waals surface area contributed by atoms with Crippen LogP contribution in [0.4, 0.5) is 0 Å². The maximum absolute atomic E-state index is 5.28. The van der Waals surface area contributed by atoms with Crippen molar-refractivity contribution >= 4 is 0 Å². The average molecular weight is 242 g/mol. The van der Waals surface area contributed by atoms with Crippen molar-refractivity contribution in [2.75, 3.05) is 6.61 Å². The van der Waals surface area contributed by atoms with Crippen molar-refractivity contribution in [3.05, 3.63) is 38.0 Å². The summed E-state index contributed by atoms with van der Waals surface area (Å²) in [7, 11) is 0. The SMILES string of the molecule is C=CC.C=CC.C=CC.CCCCOC(C)C. The lowest BCUT2D eigenvalue weighted by atomic mass is 10.3. The first-order chi connectivity index (χ1) is 8.01. The van der Waals surface area contributed by atoms with Crippen LogP contribution in [0, 0.1) is 0 Å². The Morgan fingerprint density at radius 2 is 1.24 bits per heavy atom. The standard InChI is InChI=1S/C7H16O.3C3H6/c1-4-5-6-8-7(2)3;3*1-3-2/h7H,4-6H2,1-3H3;3*3H,1H2,2H3. The first-order valence-corrected chi connectivity index (χ1v) is 6.34. The molecule has 0 saturated heterocycles. The van der Waals surface area contributed by atoms with Gasteiger partial charge >= 0.3 is 0 Å². The van der Waals surface area contributed by atoms with Crippen LogP contribution in [0.15, 0.2) is 38.0 Å². The van der Waals surface area contributed by atoms with Crippen molar-refractivity contribution in [1.82, 2.24) is 0 Å². The van der Waals surface area contributed by atoms with Crippen molar-refractivity contribution in [3.8, 4) is 0 Å². The highest BCUT2D eigenvalue weighted by Gasteiger charge is 1.89. The fourth-order valence-electron chi connectivity index (χ4n) is 0.463. The number of rotatable bonds is 4. The van der Waals surface area contributed by atoms with Gasteiger partial charge in [0.05, 0.1) is 6.10 Å². The predicted molar refractivity (Wildman–Crippen MR) is 83.6 cm³/mol. The minimum absolute atomic E-state index is 0.404. The fraction of sp³-hybridized carbons (Fsp3) is 0.625. The van der Waals surface area contributed by atoms with E-state index in [1.165, 1.54) is 12.8 Å². The molecule has 0 saturated carbocycles. The van der Waals surface area contributed by atoms with Gasteiger partial charge in [0, 0.05) is 6.61 Å². The molecule has 1 nitrogen and oxygen atoms in total. The lowest BCUT2D eigenvalue weighted by Crippen LogP contribution is -2.02. The summed E-state index contributed by atoms with van der Waals surface area (Å²) in [5, 5.41) is 0. The molecular weight excluding hydrogens is 208 g/mol. The fourth-order valence-corrected chi connectivity index (χ4v) is 0.463. The van der Waals surface area contributed by atoms with Crippen LogP contribution in [-0.2, 0) is 4.74 Å². The van der Waals surface area contributed by atoms with Gasteiger partial charge in [-0.15, -0.1) is 19.7 Å². The van der Waals surface area contributed by atoms with E-state index in [2.05, 4.69) is 40.5 Å². The van der Waals surface area contributed by atoms with Gasteiger partial charge in [0.25, 0.3) is 0 Å². The molecule has 0 aliphatic rings. The van der Waals surface area contributed by atoms with Gasteiger partial charge in [-0.3, -0.25) is 0 Å². The van der Waals surface area contributed by atoms with Crippen molar-refractivity contribution < 1.29 is 4.74 Å². The van der Waals surface area contributed by atoms with E-state index in [1.54, 1.807) is 18.2 Å². The second-order valence-corrected chi connectivity index (χ2v) is 3.50. The molecule has 0 unspecified atom stereocenters. The molecule has 0 aliphatic heterocycles. The maximum atomic E-state index is 5.28. The van der Waals surface area contributed by atoms with Crippen LogP contribution >= 0.6 is 0 Å². The molecule has 0 fully saturated rings. The van der Waals surface area contributed by atoms with Crippen LogP contribution in [0.3, 0.4) is 0 Å². The van der Waals surface area contributed by atoms with E-state index in [-0.39, 0.29) is 0 Å². The van der Waals surface area contributed by atoms with E-state index in [0.29, 0.717) is 6.10 Å². The molecule has 0 bridgehead atoms. The van der Waals surface area contributed by atoms with Crippen LogP contribution < -0.4 is 0 Å². The van der Waals surface area contributed by atoms with Crippen molar-refractivity contribution in [1.29, 1.82) is 0 Å². The molecule has 0 aromatic carbocycles.